The first-order chi connectivity index (χ1) is 11.8. The lowest BCUT2D eigenvalue weighted by molar-refractivity contribution is 0.152. The third-order valence-corrected chi connectivity index (χ3v) is 4.42. The van der Waals surface area contributed by atoms with Gasteiger partial charge in [-0.2, -0.15) is 0 Å². The second-order valence-corrected chi connectivity index (χ2v) is 6.06. The van der Waals surface area contributed by atoms with Crippen LogP contribution in [0.3, 0.4) is 0 Å². The summed E-state index contributed by atoms with van der Waals surface area (Å²) in [7, 11) is 3.40. The number of ether oxygens (including phenoxy) is 2. The molecule has 4 nitrogen and oxygen atoms in total. The molecule has 0 unspecified atom stereocenters. The summed E-state index contributed by atoms with van der Waals surface area (Å²) in [6, 6.07) is 16.6. The topological polar surface area (TPSA) is 24.9 Å². The van der Waals surface area contributed by atoms with E-state index in [4.69, 9.17) is 9.47 Å². The molecule has 0 spiro atoms. The molecule has 0 amide bonds. The summed E-state index contributed by atoms with van der Waals surface area (Å²) in [5.41, 5.74) is 2.56. The minimum absolute atomic E-state index is 0.900. The summed E-state index contributed by atoms with van der Waals surface area (Å²) in [5, 5.41) is 0. The minimum Gasteiger partial charge on any atom is -0.497 e. The summed E-state index contributed by atoms with van der Waals surface area (Å²) >= 11 is 0. The van der Waals surface area contributed by atoms with Crippen molar-refractivity contribution in [2.24, 2.45) is 0 Å². The van der Waals surface area contributed by atoms with Gasteiger partial charge in [-0.1, -0.05) is 24.3 Å². The molecule has 4 heteroatoms. The van der Waals surface area contributed by atoms with Crippen LogP contribution in [-0.2, 0) is 6.54 Å². The molecule has 1 saturated heterocycles. The van der Waals surface area contributed by atoms with Crippen LogP contribution in [0.25, 0.3) is 0 Å². The summed E-state index contributed by atoms with van der Waals surface area (Å²) in [5.74, 6) is 1.81. The molecule has 2 aromatic carbocycles. The Labute approximate surface area is 144 Å². The van der Waals surface area contributed by atoms with Crippen LogP contribution in [0.1, 0.15) is 11.1 Å². The molecular formula is C20H25N2O2. The molecule has 1 radical (unpaired) electrons. The zero-order valence-electron chi connectivity index (χ0n) is 14.4. The van der Waals surface area contributed by atoms with E-state index in [9.17, 15) is 0 Å². The van der Waals surface area contributed by atoms with E-state index in [1.165, 1.54) is 11.1 Å². The Bertz CT molecular complexity index is 560. The Balaban J connectivity index is 1.46. The second kappa shape index (κ2) is 8.18. The molecule has 1 heterocycles. The maximum atomic E-state index is 5.21. The first kappa shape index (κ1) is 16.8. The van der Waals surface area contributed by atoms with E-state index >= 15 is 0 Å². The molecule has 0 N–H and O–H groups in total. The SMILES string of the molecule is COc1ccc([CH]N2CCN(Cc3ccc(OC)cc3)CC2)cc1. The van der Waals surface area contributed by atoms with Crippen LogP contribution < -0.4 is 9.47 Å². The number of hydrogen-bond donors (Lipinski definition) is 0. The first-order valence-electron chi connectivity index (χ1n) is 8.35. The van der Waals surface area contributed by atoms with Crippen LogP contribution >= 0.6 is 0 Å². The molecule has 1 aliphatic rings. The Morgan fingerprint density at radius 1 is 0.792 bits per heavy atom. The number of hydrogen-bond acceptors (Lipinski definition) is 4. The maximum absolute atomic E-state index is 5.21. The predicted octanol–water partition coefficient (Wildman–Crippen LogP) is 3.03. The van der Waals surface area contributed by atoms with Gasteiger partial charge in [-0.3, -0.25) is 9.80 Å². The summed E-state index contributed by atoms with van der Waals surface area (Å²) in [6.07, 6.45) is 0. The van der Waals surface area contributed by atoms with Crippen LogP contribution in [-0.4, -0.2) is 50.2 Å². The van der Waals surface area contributed by atoms with Gasteiger partial charge in [0.1, 0.15) is 11.5 Å². The van der Waals surface area contributed by atoms with Crippen molar-refractivity contribution in [1.82, 2.24) is 9.80 Å². The van der Waals surface area contributed by atoms with Gasteiger partial charge in [0.05, 0.1) is 20.8 Å². The van der Waals surface area contributed by atoms with E-state index < -0.39 is 0 Å². The lowest BCUT2D eigenvalue weighted by Gasteiger charge is -2.34. The van der Waals surface area contributed by atoms with Gasteiger partial charge in [0.2, 0.25) is 0 Å². The summed E-state index contributed by atoms with van der Waals surface area (Å²) in [6.45, 7) is 7.52. The van der Waals surface area contributed by atoms with Gasteiger partial charge in [0.25, 0.3) is 0 Å². The molecule has 0 aliphatic carbocycles. The molecule has 3 rings (SSSR count). The standard InChI is InChI=1S/C20H25N2O2/c1-23-19-7-3-17(4-8-19)15-21-11-13-22(14-12-21)16-18-5-9-20(24-2)10-6-18/h3-10,15H,11-14,16H2,1-2H3. The van der Waals surface area contributed by atoms with E-state index in [1.54, 1.807) is 14.2 Å². The van der Waals surface area contributed by atoms with Gasteiger partial charge in [-0.15, -0.1) is 0 Å². The number of methoxy groups -OCH3 is 2. The Morgan fingerprint density at radius 2 is 1.33 bits per heavy atom. The molecule has 0 atom stereocenters. The van der Waals surface area contributed by atoms with Crippen molar-refractivity contribution < 1.29 is 9.47 Å². The summed E-state index contributed by atoms with van der Waals surface area (Å²) < 4.78 is 10.4. The average molecular weight is 325 g/mol. The van der Waals surface area contributed by atoms with Crippen molar-refractivity contribution in [3.63, 3.8) is 0 Å². The smallest absolute Gasteiger partial charge is 0.118 e. The Morgan fingerprint density at radius 3 is 1.88 bits per heavy atom. The van der Waals surface area contributed by atoms with Crippen LogP contribution in [0.4, 0.5) is 0 Å². The number of rotatable bonds is 6. The van der Waals surface area contributed by atoms with Crippen molar-refractivity contribution in [3.8, 4) is 11.5 Å². The molecule has 2 aromatic rings. The van der Waals surface area contributed by atoms with Gasteiger partial charge in [0.15, 0.2) is 0 Å². The van der Waals surface area contributed by atoms with E-state index in [-0.39, 0.29) is 0 Å². The van der Waals surface area contributed by atoms with Crippen molar-refractivity contribution >= 4 is 0 Å². The lowest BCUT2D eigenvalue weighted by atomic mass is 10.1. The highest BCUT2D eigenvalue weighted by Gasteiger charge is 2.17. The molecule has 0 aromatic heterocycles. The fourth-order valence-corrected chi connectivity index (χ4v) is 2.94. The van der Waals surface area contributed by atoms with Gasteiger partial charge < -0.3 is 9.47 Å². The Hall–Kier alpha value is -2.04. The van der Waals surface area contributed by atoms with Gasteiger partial charge in [-0.25, -0.2) is 0 Å². The highest BCUT2D eigenvalue weighted by Crippen LogP contribution is 2.17. The van der Waals surface area contributed by atoms with Crippen LogP contribution in [0.2, 0.25) is 0 Å². The predicted molar refractivity (Wildman–Crippen MR) is 96.2 cm³/mol. The zero-order valence-corrected chi connectivity index (χ0v) is 14.4. The number of benzene rings is 2. The third-order valence-electron chi connectivity index (χ3n) is 4.42. The van der Waals surface area contributed by atoms with E-state index in [2.05, 4.69) is 40.6 Å². The van der Waals surface area contributed by atoms with Crippen molar-refractivity contribution in [2.75, 3.05) is 40.4 Å². The van der Waals surface area contributed by atoms with Crippen molar-refractivity contribution in [3.05, 3.63) is 66.2 Å². The van der Waals surface area contributed by atoms with E-state index in [1.807, 2.05) is 24.3 Å². The molecule has 24 heavy (non-hydrogen) atoms. The normalized spacial score (nSPS) is 16.1. The third kappa shape index (κ3) is 4.49. The highest BCUT2D eigenvalue weighted by atomic mass is 16.5. The lowest BCUT2D eigenvalue weighted by Crippen LogP contribution is -2.44. The Kier molecular flexibility index (Phi) is 5.72. The molecule has 1 aliphatic heterocycles. The zero-order chi connectivity index (χ0) is 16.8. The van der Waals surface area contributed by atoms with Crippen LogP contribution in [0.15, 0.2) is 48.5 Å². The van der Waals surface area contributed by atoms with Gasteiger partial charge in [0, 0.05) is 32.7 Å². The van der Waals surface area contributed by atoms with Gasteiger partial charge >= 0.3 is 0 Å². The highest BCUT2D eigenvalue weighted by molar-refractivity contribution is 5.31. The van der Waals surface area contributed by atoms with E-state index in [0.717, 1.165) is 44.2 Å². The largest absolute Gasteiger partial charge is 0.497 e. The monoisotopic (exact) mass is 325 g/mol. The minimum atomic E-state index is 0.900. The van der Waals surface area contributed by atoms with Gasteiger partial charge in [-0.05, 0) is 35.4 Å². The van der Waals surface area contributed by atoms with Crippen LogP contribution in [0.5, 0.6) is 11.5 Å². The molecule has 0 saturated carbocycles. The summed E-state index contributed by atoms with van der Waals surface area (Å²) in [4.78, 5) is 4.90. The van der Waals surface area contributed by atoms with E-state index in [0.29, 0.717) is 0 Å². The van der Waals surface area contributed by atoms with Crippen molar-refractivity contribution in [1.29, 1.82) is 0 Å². The fourth-order valence-electron chi connectivity index (χ4n) is 2.94. The molecule has 127 valence electrons. The fraction of sp³-hybridized carbons (Fsp3) is 0.350. The first-order valence-corrected chi connectivity index (χ1v) is 8.35. The molecule has 1 fully saturated rings. The maximum Gasteiger partial charge on any atom is 0.118 e. The quantitative estimate of drug-likeness (QED) is 0.815. The number of piperazine rings is 1. The van der Waals surface area contributed by atoms with Crippen molar-refractivity contribution in [2.45, 2.75) is 6.54 Å². The average Bonchev–Trinajstić information content (AvgIpc) is 2.65. The number of nitrogens with zero attached hydrogens (tertiary/aromatic N) is 2. The molecular weight excluding hydrogens is 300 g/mol. The van der Waals surface area contributed by atoms with Crippen LogP contribution in [0, 0.1) is 6.54 Å². The second-order valence-electron chi connectivity index (χ2n) is 6.06. The molecule has 0 bridgehead atoms.